The molecule has 116 valence electrons. The minimum atomic E-state index is -0.565. The highest BCUT2D eigenvalue weighted by Crippen LogP contribution is 2.40. The third-order valence-corrected chi connectivity index (χ3v) is 4.17. The minimum absolute atomic E-state index is 0.0279. The summed E-state index contributed by atoms with van der Waals surface area (Å²) in [6, 6.07) is 4.09. The lowest BCUT2D eigenvalue weighted by molar-refractivity contribution is -0.127. The normalized spacial score (nSPS) is 27.9. The van der Waals surface area contributed by atoms with Crippen LogP contribution < -0.4 is 15.4 Å². The maximum atomic E-state index is 13.2. The summed E-state index contributed by atoms with van der Waals surface area (Å²) < 4.78 is 18.5. The Balaban J connectivity index is 1.82. The molecule has 21 heavy (non-hydrogen) atoms. The Hall–Kier alpha value is -1.33. The molecule has 1 fully saturated rings. The first-order valence-electron chi connectivity index (χ1n) is 6.83. The van der Waals surface area contributed by atoms with Gasteiger partial charge in [-0.25, -0.2) is 4.39 Å². The van der Waals surface area contributed by atoms with Gasteiger partial charge in [0.1, 0.15) is 11.6 Å². The van der Waals surface area contributed by atoms with E-state index in [1.54, 1.807) is 0 Å². The number of hydrogen-bond acceptors (Lipinski definition) is 3. The molecule has 2 N–H and O–H groups in total. The predicted molar refractivity (Wildman–Crippen MR) is 80.2 cm³/mol. The Labute approximate surface area is 129 Å². The van der Waals surface area contributed by atoms with Crippen LogP contribution in [0, 0.1) is 5.82 Å². The van der Waals surface area contributed by atoms with Gasteiger partial charge in [-0.05, 0) is 45.9 Å². The Morgan fingerprint density at radius 1 is 1.38 bits per heavy atom. The molecule has 2 rings (SSSR count). The molecule has 0 saturated heterocycles. The summed E-state index contributed by atoms with van der Waals surface area (Å²) in [6.45, 7) is 3.98. The highest BCUT2D eigenvalue weighted by Gasteiger charge is 2.48. The summed E-state index contributed by atoms with van der Waals surface area (Å²) in [4.78, 5) is 11.9. The van der Waals surface area contributed by atoms with Gasteiger partial charge in [0.2, 0.25) is 0 Å². The van der Waals surface area contributed by atoms with Gasteiger partial charge in [-0.15, -0.1) is 0 Å². The van der Waals surface area contributed by atoms with E-state index in [9.17, 15) is 9.18 Å². The molecule has 1 aromatic rings. The molecule has 0 spiro atoms. The fourth-order valence-electron chi connectivity index (χ4n) is 3.02. The Kier molecular flexibility index (Phi) is 4.44. The van der Waals surface area contributed by atoms with Crippen molar-refractivity contribution in [3.63, 3.8) is 0 Å². The molecule has 1 aliphatic carbocycles. The number of benzene rings is 1. The molecule has 1 amide bonds. The molecular formula is C15H20ClFN2O2. The van der Waals surface area contributed by atoms with E-state index in [2.05, 4.69) is 17.6 Å². The number of carbonyl (C=O) groups is 1. The number of rotatable bonds is 5. The van der Waals surface area contributed by atoms with Crippen LogP contribution in [0.1, 0.15) is 26.7 Å². The molecule has 6 heteroatoms. The van der Waals surface area contributed by atoms with Crippen LogP contribution in [-0.2, 0) is 4.79 Å². The van der Waals surface area contributed by atoms with E-state index in [1.807, 2.05) is 14.0 Å². The lowest BCUT2D eigenvalue weighted by Gasteiger charge is -2.53. The van der Waals surface area contributed by atoms with E-state index < -0.39 is 5.82 Å². The van der Waals surface area contributed by atoms with Crippen molar-refractivity contribution in [2.45, 2.75) is 37.8 Å². The summed E-state index contributed by atoms with van der Waals surface area (Å²) in [5.74, 6) is -0.498. The minimum Gasteiger partial charge on any atom is -0.484 e. The maximum absolute atomic E-state index is 13.2. The predicted octanol–water partition coefficient (Wildman–Crippen LogP) is 2.50. The molecule has 0 atom stereocenters. The molecule has 1 saturated carbocycles. The van der Waals surface area contributed by atoms with E-state index >= 15 is 0 Å². The van der Waals surface area contributed by atoms with Gasteiger partial charge in [0, 0.05) is 17.1 Å². The topological polar surface area (TPSA) is 50.4 Å². The van der Waals surface area contributed by atoms with Crippen molar-refractivity contribution in [3.05, 3.63) is 29.0 Å². The van der Waals surface area contributed by atoms with Crippen molar-refractivity contribution in [2.75, 3.05) is 13.7 Å². The quantitative estimate of drug-likeness (QED) is 0.878. The van der Waals surface area contributed by atoms with Crippen LogP contribution in [0.25, 0.3) is 0 Å². The summed E-state index contributed by atoms with van der Waals surface area (Å²) in [5.41, 5.74) is -0.147. The number of halogens is 2. The zero-order valence-electron chi connectivity index (χ0n) is 12.4. The number of ether oxygens (including phenoxy) is 1. The summed E-state index contributed by atoms with van der Waals surface area (Å²) >= 11 is 5.58. The van der Waals surface area contributed by atoms with Gasteiger partial charge in [0.05, 0.1) is 5.02 Å². The van der Waals surface area contributed by atoms with E-state index in [0.29, 0.717) is 0 Å². The second-order valence-electron chi connectivity index (χ2n) is 6.14. The number of amides is 1. The Morgan fingerprint density at radius 3 is 2.62 bits per heavy atom. The van der Waals surface area contributed by atoms with Crippen molar-refractivity contribution < 1.29 is 13.9 Å². The fraction of sp³-hybridized carbons (Fsp3) is 0.533. The van der Waals surface area contributed by atoms with E-state index in [-0.39, 0.29) is 34.4 Å². The van der Waals surface area contributed by atoms with Crippen LogP contribution >= 0.6 is 11.6 Å². The lowest BCUT2D eigenvalue weighted by Crippen LogP contribution is -2.67. The zero-order chi connectivity index (χ0) is 15.7. The van der Waals surface area contributed by atoms with Gasteiger partial charge in [-0.2, -0.15) is 0 Å². The lowest BCUT2D eigenvalue weighted by atomic mass is 9.64. The second-order valence-corrected chi connectivity index (χ2v) is 6.54. The molecule has 0 aliphatic heterocycles. The third kappa shape index (κ3) is 3.86. The molecule has 0 radical (unpaired) electrons. The van der Waals surface area contributed by atoms with Crippen molar-refractivity contribution in [1.82, 2.24) is 10.6 Å². The molecule has 0 aromatic heterocycles. The molecular weight excluding hydrogens is 295 g/mol. The van der Waals surface area contributed by atoms with Crippen LogP contribution in [0.15, 0.2) is 18.2 Å². The molecule has 0 bridgehead atoms. The van der Waals surface area contributed by atoms with Crippen molar-refractivity contribution in [2.24, 2.45) is 0 Å². The Morgan fingerprint density at radius 2 is 2.05 bits per heavy atom. The number of carbonyl (C=O) groups excluding carboxylic acids is 1. The monoisotopic (exact) mass is 314 g/mol. The average Bonchev–Trinajstić information content (AvgIpc) is 2.38. The first-order valence-corrected chi connectivity index (χ1v) is 7.21. The van der Waals surface area contributed by atoms with Crippen LogP contribution in [0.2, 0.25) is 5.02 Å². The van der Waals surface area contributed by atoms with Crippen molar-refractivity contribution in [3.8, 4) is 5.75 Å². The highest BCUT2D eigenvalue weighted by molar-refractivity contribution is 6.30. The first kappa shape index (κ1) is 16.0. The smallest absolute Gasteiger partial charge is 0.258 e. The van der Waals surface area contributed by atoms with E-state index in [4.69, 9.17) is 16.3 Å². The standard InChI is InChI=1S/C15H20ClFN2O2/c1-14(18-3)8-15(2,9-14)19-13(20)7-21-10-4-5-11(16)12(17)6-10/h4-6,18H,7-9H2,1-3H3,(H,19,20). The van der Waals surface area contributed by atoms with Crippen molar-refractivity contribution in [1.29, 1.82) is 0 Å². The highest BCUT2D eigenvalue weighted by atomic mass is 35.5. The largest absolute Gasteiger partial charge is 0.484 e. The molecule has 1 aliphatic rings. The van der Waals surface area contributed by atoms with Gasteiger partial charge in [0.15, 0.2) is 6.61 Å². The van der Waals surface area contributed by atoms with Gasteiger partial charge in [-0.1, -0.05) is 11.6 Å². The average molecular weight is 315 g/mol. The van der Waals surface area contributed by atoms with Crippen molar-refractivity contribution >= 4 is 17.5 Å². The molecule has 1 aromatic carbocycles. The van der Waals surface area contributed by atoms with Crippen LogP contribution in [-0.4, -0.2) is 30.6 Å². The molecule has 0 heterocycles. The van der Waals surface area contributed by atoms with Crippen LogP contribution in [0.3, 0.4) is 0 Å². The molecule has 4 nitrogen and oxygen atoms in total. The van der Waals surface area contributed by atoms with Crippen LogP contribution in [0.4, 0.5) is 4.39 Å². The second kappa shape index (κ2) is 5.81. The summed E-state index contributed by atoms with van der Waals surface area (Å²) in [7, 11) is 1.92. The fourth-order valence-corrected chi connectivity index (χ4v) is 3.14. The summed E-state index contributed by atoms with van der Waals surface area (Å²) in [5, 5.41) is 6.22. The Bertz CT molecular complexity index is 544. The van der Waals surface area contributed by atoms with Crippen LogP contribution in [0.5, 0.6) is 5.75 Å². The summed E-state index contributed by atoms with van der Waals surface area (Å²) in [6.07, 6.45) is 1.72. The van der Waals surface area contributed by atoms with Gasteiger partial charge in [0.25, 0.3) is 5.91 Å². The van der Waals surface area contributed by atoms with Gasteiger partial charge < -0.3 is 15.4 Å². The number of hydrogen-bond donors (Lipinski definition) is 2. The zero-order valence-corrected chi connectivity index (χ0v) is 13.2. The maximum Gasteiger partial charge on any atom is 0.258 e. The van der Waals surface area contributed by atoms with Gasteiger partial charge >= 0.3 is 0 Å². The molecule has 0 unspecified atom stereocenters. The van der Waals surface area contributed by atoms with E-state index in [0.717, 1.165) is 12.8 Å². The first-order chi connectivity index (χ1) is 9.75. The van der Waals surface area contributed by atoms with Gasteiger partial charge in [-0.3, -0.25) is 4.79 Å². The third-order valence-electron chi connectivity index (χ3n) is 3.87. The SMILES string of the molecule is CNC1(C)CC(C)(NC(=O)COc2ccc(Cl)c(F)c2)C1. The number of nitrogens with one attached hydrogen (secondary N) is 2. The van der Waals surface area contributed by atoms with E-state index in [1.165, 1.54) is 18.2 Å².